The third kappa shape index (κ3) is 3.48. The highest BCUT2D eigenvalue weighted by molar-refractivity contribution is 7.80. The maximum absolute atomic E-state index is 5.63. The molecule has 0 aliphatic heterocycles. The lowest BCUT2D eigenvalue weighted by Gasteiger charge is -2.18. The summed E-state index contributed by atoms with van der Waals surface area (Å²) < 4.78 is 0. The maximum Gasteiger partial charge on any atom is 0.226 e. The van der Waals surface area contributed by atoms with Gasteiger partial charge in [-0.25, -0.2) is 9.97 Å². The van der Waals surface area contributed by atoms with Crippen molar-refractivity contribution in [3.63, 3.8) is 0 Å². The Labute approximate surface area is 118 Å². The third-order valence-corrected chi connectivity index (χ3v) is 2.91. The highest BCUT2D eigenvalue weighted by Crippen LogP contribution is 2.12. The first-order chi connectivity index (χ1) is 9.06. The zero-order chi connectivity index (χ0) is 13.8. The van der Waals surface area contributed by atoms with Gasteiger partial charge in [0.1, 0.15) is 10.7 Å². The summed E-state index contributed by atoms with van der Waals surface area (Å²) in [5, 5.41) is 0. The molecule has 0 saturated heterocycles. The molecule has 0 fully saturated rings. The maximum atomic E-state index is 5.63. The highest BCUT2D eigenvalue weighted by Gasteiger charge is 2.09. The van der Waals surface area contributed by atoms with Gasteiger partial charge in [-0.2, -0.15) is 0 Å². The fraction of sp³-hybridized carbons (Fsp3) is 0.214. The van der Waals surface area contributed by atoms with Crippen molar-refractivity contribution in [1.29, 1.82) is 0 Å². The van der Waals surface area contributed by atoms with Crippen LogP contribution in [-0.2, 0) is 6.54 Å². The van der Waals surface area contributed by atoms with Gasteiger partial charge in [-0.05, 0) is 18.6 Å². The zero-order valence-electron chi connectivity index (χ0n) is 11.0. The summed E-state index contributed by atoms with van der Waals surface area (Å²) in [6.45, 7) is 2.64. The Morgan fingerprint density at radius 1 is 1.26 bits per heavy atom. The molecule has 2 N–H and O–H groups in total. The van der Waals surface area contributed by atoms with Crippen LogP contribution < -0.4 is 10.6 Å². The summed E-state index contributed by atoms with van der Waals surface area (Å²) in [6, 6.07) is 12.0. The second-order valence-corrected chi connectivity index (χ2v) is 4.84. The van der Waals surface area contributed by atoms with Crippen molar-refractivity contribution in [3.05, 3.63) is 53.3 Å². The molecule has 2 aromatic rings. The van der Waals surface area contributed by atoms with E-state index >= 15 is 0 Å². The summed E-state index contributed by atoms with van der Waals surface area (Å²) in [5.74, 6) is 0.631. The van der Waals surface area contributed by atoms with E-state index in [1.54, 1.807) is 6.07 Å². The first kappa shape index (κ1) is 13.4. The lowest BCUT2D eigenvalue weighted by atomic mass is 10.2. The van der Waals surface area contributed by atoms with Crippen LogP contribution in [0.3, 0.4) is 0 Å². The lowest BCUT2D eigenvalue weighted by molar-refractivity contribution is 0.857. The lowest BCUT2D eigenvalue weighted by Crippen LogP contribution is -2.22. The number of hydrogen-bond donors (Lipinski definition) is 1. The third-order valence-electron chi connectivity index (χ3n) is 2.70. The summed E-state index contributed by atoms with van der Waals surface area (Å²) in [5.41, 5.74) is 8.29. The van der Waals surface area contributed by atoms with Gasteiger partial charge in [0.05, 0.1) is 0 Å². The van der Waals surface area contributed by atoms with Crippen LogP contribution >= 0.6 is 12.2 Å². The first-order valence-corrected chi connectivity index (χ1v) is 6.37. The fourth-order valence-electron chi connectivity index (χ4n) is 1.78. The Bertz CT molecular complexity index is 583. The van der Waals surface area contributed by atoms with Crippen molar-refractivity contribution < 1.29 is 0 Å². The molecule has 0 spiro atoms. The first-order valence-electron chi connectivity index (χ1n) is 5.97. The van der Waals surface area contributed by atoms with Crippen molar-refractivity contribution in [2.75, 3.05) is 11.9 Å². The molecule has 1 aromatic heterocycles. The van der Waals surface area contributed by atoms with Gasteiger partial charge in [0, 0.05) is 19.3 Å². The van der Waals surface area contributed by atoms with Crippen molar-refractivity contribution in [2.24, 2.45) is 5.73 Å². The minimum absolute atomic E-state index is 0.292. The highest BCUT2D eigenvalue weighted by atomic mass is 32.1. The summed E-state index contributed by atoms with van der Waals surface area (Å²) in [4.78, 5) is 11.1. The SMILES string of the molecule is Cc1cc(C(N)=S)nc(N(C)Cc2ccccc2)n1. The Balaban J connectivity index is 2.24. The quantitative estimate of drug-likeness (QED) is 0.863. The van der Waals surface area contributed by atoms with Gasteiger partial charge in [0.2, 0.25) is 5.95 Å². The number of aryl methyl sites for hydroxylation is 1. The average molecular weight is 272 g/mol. The molecular formula is C14H16N4S. The van der Waals surface area contributed by atoms with Crippen molar-refractivity contribution in [1.82, 2.24) is 9.97 Å². The van der Waals surface area contributed by atoms with Crippen LogP contribution in [0.15, 0.2) is 36.4 Å². The Kier molecular flexibility index (Phi) is 4.06. The van der Waals surface area contributed by atoms with Crippen LogP contribution in [-0.4, -0.2) is 22.0 Å². The van der Waals surface area contributed by atoms with E-state index < -0.39 is 0 Å². The van der Waals surface area contributed by atoms with Gasteiger partial charge in [0.25, 0.3) is 0 Å². The number of nitrogens with zero attached hydrogens (tertiary/aromatic N) is 3. The molecule has 4 nitrogen and oxygen atoms in total. The molecule has 19 heavy (non-hydrogen) atoms. The Morgan fingerprint density at radius 3 is 2.58 bits per heavy atom. The number of hydrogen-bond acceptors (Lipinski definition) is 4. The Hall–Kier alpha value is -2.01. The zero-order valence-corrected chi connectivity index (χ0v) is 11.8. The number of rotatable bonds is 4. The molecule has 0 aliphatic carbocycles. The monoisotopic (exact) mass is 272 g/mol. The minimum atomic E-state index is 0.292. The second kappa shape index (κ2) is 5.75. The molecule has 1 aromatic carbocycles. The minimum Gasteiger partial charge on any atom is -0.388 e. The standard InChI is InChI=1S/C14H16N4S/c1-10-8-12(13(15)19)17-14(16-10)18(2)9-11-6-4-3-5-7-11/h3-8H,9H2,1-2H3,(H2,15,19). The van der Waals surface area contributed by atoms with Crippen LogP contribution in [0.25, 0.3) is 0 Å². The average Bonchev–Trinajstić information content (AvgIpc) is 2.39. The van der Waals surface area contributed by atoms with E-state index in [2.05, 4.69) is 22.1 Å². The van der Waals surface area contributed by atoms with E-state index in [4.69, 9.17) is 18.0 Å². The van der Waals surface area contributed by atoms with Crippen molar-refractivity contribution in [2.45, 2.75) is 13.5 Å². The van der Waals surface area contributed by atoms with E-state index in [1.807, 2.05) is 37.1 Å². The molecule has 2 rings (SSSR count). The number of benzene rings is 1. The van der Waals surface area contributed by atoms with E-state index in [0.29, 0.717) is 16.6 Å². The number of nitrogens with two attached hydrogens (primary N) is 1. The summed E-state index contributed by atoms with van der Waals surface area (Å²) in [7, 11) is 1.95. The van der Waals surface area contributed by atoms with E-state index in [9.17, 15) is 0 Å². The number of anilines is 1. The van der Waals surface area contributed by atoms with Gasteiger partial charge in [-0.15, -0.1) is 0 Å². The molecule has 98 valence electrons. The second-order valence-electron chi connectivity index (χ2n) is 4.40. The van der Waals surface area contributed by atoms with Crippen LogP contribution in [0.2, 0.25) is 0 Å². The molecule has 1 heterocycles. The van der Waals surface area contributed by atoms with E-state index in [1.165, 1.54) is 5.56 Å². The van der Waals surface area contributed by atoms with Gasteiger partial charge in [-0.1, -0.05) is 42.5 Å². The topological polar surface area (TPSA) is 55.0 Å². The van der Waals surface area contributed by atoms with Crippen LogP contribution in [0.5, 0.6) is 0 Å². The van der Waals surface area contributed by atoms with Gasteiger partial charge >= 0.3 is 0 Å². The van der Waals surface area contributed by atoms with Crippen LogP contribution in [0.1, 0.15) is 17.0 Å². The molecule has 0 saturated carbocycles. The molecular weight excluding hydrogens is 256 g/mol. The van der Waals surface area contributed by atoms with Crippen molar-refractivity contribution >= 4 is 23.2 Å². The molecule has 0 unspecified atom stereocenters. The normalized spacial score (nSPS) is 10.2. The van der Waals surface area contributed by atoms with Gasteiger partial charge < -0.3 is 10.6 Å². The summed E-state index contributed by atoms with van der Waals surface area (Å²) >= 11 is 4.97. The summed E-state index contributed by atoms with van der Waals surface area (Å²) in [6.07, 6.45) is 0. The van der Waals surface area contributed by atoms with E-state index in [-0.39, 0.29) is 0 Å². The molecule has 0 amide bonds. The molecule has 0 radical (unpaired) electrons. The van der Waals surface area contributed by atoms with Gasteiger partial charge in [0.15, 0.2) is 0 Å². The molecule has 5 heteroatoms. The smallest absolute Gasteiger partial charge is 0.226 e. The Morgan fingerprint density at radius 2 is 1.95 bits per heavy atom. The molecule has 0 bridgehead atoms. The fourth-order valence-corrected chi connectivity index (χ4v) is 1.88. The predicted molar refractivity (Wildman–Crippen MR) is 81.2 cm³/mol. The largest absolute Gasteiger partial charge is 0.388 e. The predicted octanol–water partition coefficient (Wildman–Crippen LogP) is 2.06. The molecule has 0 atom stereocenters. The van der Waals surface area contributed by atoms with Crippen LogP contribution in [0.4, 0.5) is 5.95 Å². The van der Waals surface area contributed by atoms with Gasteiger partial charge in [-0.3, -0.25) is 0 Å². The van der Waals surface area contributed by atoms with Crippen molar-refractivity contribution in [3.8, 4) is 0 Å². The number of thiocarbonyl (C=S) groups is 1. The van der Waals surface area contributed by atoms with Crippen LogP contribution in [0, 0.1) is 6.92 Å². The molecule has 0 aliphatic rings. The van der Waals surface area contributed by atoms with E-state index in [0.717, 1.165) is 12.2 Å². The number of aromatic nitrogens is 2.